The first kappa shape index (κ1) is 12.7. The molecule has 4 unspecified atom stereocenters. The fourth-order valence-electron chi connectivity index (χ4n) is 4.26. The van der Waals surface area contributed by atoms with Gasteiger partial charge in [-0.2, -0.15) is 11.3 Å². The van der Waals surface area contributed by atoms with Crippen LogP contribution in [-0.4, -0.2) is 6.54 Å². The fourth-order valence-corrected chi connectivity index (χ4v) is 5.17. The van der Waals surface area contributed by atoms with Gasteiger partial charge in [0.2, 0.25) is 0 Å². The third-order valence-electron chi connectivity index (χ3n) is 5.14. The van der Waals surface area contributed by atoms with Gasteiger partial charge in [0.15, 0.2) is 0 Å². The van der Waals surface area contributed by atoms with Gasteiger partial charge in [-0.3, -0.25) is 0 Å². The van der Waals surface area contributed by atoms with Gasteiger partial charge in [0, 0.05) is 6.04 Å². The van der Waals surface area contributed by atoms with E-state index in [1.165, 1.54) is 37.7 Å². The Bertz CT molecular complexity index is 398. The molecule has 1 nitrogen and oxygen atoms in total. The lowest BCUT2D eigenvalue weighted by molar-refractivity contribution is 0.280. The van der Waals surface area contributed by atoms with Crippen molar-refractivity contribution in [3.63, 3.8) is 0 Å². The Morgan fingerprint density at radius 3 is 2.78 bits per heavy atom. The Morgan fingerprint density at radius 1 is 1.33 bits per heavy atom. The van der Waals surface area contributed by atoms with E-state index >= 15 is 0 Å². The predicted octanol–water partition coefficient (Wildman–Crippen LogP) is 4.53. The van der Waals surface area contributed by atoms with Gasteiger partial charge >= 0.3 is 0 Å². The van der Waals surface area contributed by atoms with Crippen LogP contribution < -0.4 is 5.32 Å². The number of thiophene rings is 1. The first-order valence-electron chi connectivity index (χ1n) is 7.54. The Kier molecular flexibility index (Phi) is 3.76. The topological polar surface area (TPSA) is 12.0 Å². The molecule has 2 fully saturated rings. The molecule has 0 spiro atoms. The van der Waals surface area contributed by atoms with Crippen LogP contribution in [0.5, 0.6) is 0 Å². The summed E-state index contributed by atoms with van der Waals surface area (Å²) in [6.45, 7) is 5.58. The molecule has 0 aromatic carbocycles. The minimum atomic E-state index is 0.602. The van der Waals surface area contributed by atoms with E-state index in [-0.39, 0.29) is 0 Å². The van der Waals surface area contributed by atoms with E-state index in [2.05, 4.69) is 29.9 Å². The Balaban J connectivity index is 1.69. The molecule has 2 aliphatic rings. The molecule has 0 amide bonds. The predicted molar refractivity (Wildman–Crippen MR) is 79.0 cm³/mol. The highest BCUT2D eigenvalue weighted by molar-refractivity contribution is 7.08. The molecule has 18 heavy (non-hydrogen) atoms. The number of aryl methyl sites for hydroxylation is 1. The van der Waals surface area contributed by atoms with Crippen molar-refractivity contribution in [3.8, 4) is 0 Å². The van der Waals surface area contributed by atoms with Crippen LogP contribution in [0.25, 0.3) is 0 Å². The summed E-state index contributed by atoms with van der Waals surface area (Å²) in [5, 5.41) is 8.37. The molecule has 1 aromatic heterocycles. The maximum atomic E-state index is 3.72. The van der Waals surface area contributed by atoms with Gasteiger partial charge in [0.1, 0.15) is 0 Å². The first-order chi connectivity index (χ1) is 8.78. The fraction of sp³-hybridized carbons (Fsp3) is 0.750. The Hall–Kier alpha value is -0.340. The average molecular weight is 263 g/mol. The molecule has 4 atom stereocenters. The van der Waals surface area contributed by atoms with E-state index in [1.54, 1.807) is 5.56 Å². The standard InChI is InChI=1S/C16H25NS/c1-3-17-16(15-10-18-9-11(15)2)8-14-7-12-4-5-13(14)6-12/h9-10,12-14,16-17H,3-8H2,1-2H3. The van der Waals surface area contributed by atoms with Crippen LogP contribution in [0.1, 0.15) is 56.2 Å². The molecule has 0 aliphatic heterocycles. The highest BCUT2D eigenvalue weighted by atomic mass is 32.1. The van der Waals surface area contributed by atoms with Crippen LogP contribution in [0.2, 0.25) is 0 Å². The summed E-state index contributed by atoms with van der Waals surface area (Å²) in [4.78, 5) is 0. The van der Waals surface area contributed by atoms with Gasteiger partial charge in [-0.05, 0) is 78.8 Å². The van der Waals surface area contributed by atoms with Crippen LogP contribution in [-0.2, 0) is 0 Å². The van der Waals surface area contributed by atoms with Crippen LogP contribution in [0.3, 0.4) is 0 Å². The summed E-state index contributed by atoms with van der Waals surface area (Å²) >= 11 is 1.85. The molecule has 2 aliphatic carbocycles. The molecule has 1 heterocycles. The zero-order valence-corrected chi connectivity index (χ0v) is 12.4. The lowest BCUT2D eigenvalue weighted by atomic mass is 9.82. The minimum Gasteiger partial charge on any atom is -0.310 e. The summed E-state index contributed by atoms with van der Waals surface area (Å²) in [5.41, 5.74) is 3.04. The highest BCUT2D eigenvalue weighted by Gasteiger charge is 2.40. The van der Waals surface area contributed by atoms with E-state index < -0.39 is 0 Å². The van der Waals surface area contributed by atoms with Crippen molar-refractivity contribution in [1.29, 1.82) is 0 Å². The third-order valence-corrected chi connectivity index (χ3v) is 6.02. The number of hydrogen-bond donors (Lipinski definition) is 1. The molecule has 1 N–H and O–H groups in total. The zero-order chi connectivity index (χ0) is 12.5. The Morgan fingerprint density at radius 2 is 2.22 bits per heavy atom. The second-order valence-electron chi connectivity index (χ2n) is 6.29. The van der Waals surface area contributed by atoms with E-state index in [0.717, 1.165) is 24.3 Å². The third kappa shape index (κ3) is 2.37. The van der Waals surface area contributed by atoms with Crippen molar-refractivity contribution in [1.82, 2.24) is 5.32 Å². The molecule has 0 radical (unpaired) electrons. The lowest BCUT2D eigenvalue weighted by Gasteiger charge is -2.27. The molecular formula is C16H25NS. The van der Waals surface area contributed by atoms with Crippen molar-refractivity contribution < 1.29 is 0 Å². The van der Waals surface area contributed by atoms with Gasteiger partial charge in [0.25, 0.3) is 0 Å². The van der Waals surface area contributed by atoms with Crippen LogP contribution in [0.4, 0.5) is 0 Å². The van der Waals surface area contributed by atoms with E-state index in [9.17, 15) is 0 Å². The smallest absolute Gasteiger partial charge is 0.0333 e. The molecule has 1 aromatic rings. The van der Waals surface area contributed by atoms with Crippen LogP contribution in [0, 0.1) is 24.7 Å². The molecular weight excluding hydrogens is 238 g/mol. The molecule has 3 rings (SSSR count). The van der Waals surface area contributed by atoms with Gasteiger partial charge in [-0.25, -0.2) is 0 Å². The normalized spacial score (nSPS) is 32.0. The summed E-state index contributed by atoms with van der Waals surface area (Å²) in [6, 6.07) is 0.602. The number of fused-ring (bicyclic) bond motifs is 2. The maximum absolute atomic E-state index is 3.72. The molecule has 0 saturated heterocycles. The van der Waals surface area contributed by atoms with Crippen molar-refractivity contribution in [2.75, 3.05) is 6.54 Å². The maximum Gasteiger partial charge on any atom is 0.0333 e. The molecule has 100 valence electrons. The van der Waals surface area contributed by atoms with E-state index in [0.29, 0.717) is 6.04 Å². The number of nitrogens with one attached hydrogen (secondary N) is 1. The summed E-state index contributed by atoms with van der Waals surface area (Å²) in [5.74, 6) is 3.12. The minimum absolute atomic E-state index is 0.602. The second kappa shape index (κ2) is 5.34. The van der Waals surface area contributed by atoms with E-state index in [1.807, 2.05) is 11.3 Å². The monoisotopic (exact) mass is 263 g/mol. The number of rotatable bonds is 5. The highest BCUT2D eigenvalue weighted by Crippen LogP contribution is 2.51. The van der Waals surface area contributed by atoms with E-state index in [4.69, 9.17) is 0 Å². The zero-order valence-electron chi connectivity index (χ0n) is 11.6. The van der Waals surface area contributed by atoms with Crippen molar-refractivity contribution >= 4 is 11.3 Å². The first-order valence-corrected chi connectivity index (χ1v) is 8.48. The largest absolute Gasteiger partial charge is 0.310 e. The molecule has 2 heteroatoms. The summed E-state index contributed by atoms with van der Waals surface area (Å²) in [7, 11) is 0. The van der Waals surface area contributed by atoms with Crippen LogP contribution >= 0.6 is 11.3 Å². The quantitative estimate of drug-likeness (QED) is 0.823. The van der Waals surface area contributed by atoms with Gasteiger partial charge in [-0.1, -0.05) is 13.3 Å². The number of hydrogen-bond acceptors (Lipinski definition) is 2. The van der Waals surface area contributed by atoms with Gasteiger partial charge in [-0.15, -0.1) is 0 Å². The average Bonchev–Trinajstić information content (AvgIpc) is 3.04. The summed E-state index contributed by atoms with van der Waals surface area (Å²) in [6.07, 6.45) is 7.44. The summed E-state index contributed by atoms with van der Waals surface area (Å²) < 4.78 is 0. The van der Waals surface area contributed by atoms with Gasteiger partial charge in [0.05, 0.1) is 0 Å². The van der Waals surface area contributed by atoms with Crippen LogP contribution in [0.15, 0.2) is 10.8 Å². The molecule has 2 bridgehead atoms. The SMILES string of the molecule is CCNC(CC1CC2CCC1C2)c1cscc1C. The Labute approximate surface area is 115 Å². The van der Waals surface area contributed by atoms with Crippen molar-refractivity contribution in [2.45, 2.75) is 52.0 Å². The second-order valence-corrected chi connectivity index (χ2v) is 7.03. The van der Waals surface area contributed by atoms with Crippen molar-refractivity contribution in [3.05, 3.63) is 21.9 Å². The van der Waals surface area contributed by atoms with Gasteiger partial charge < -0.3 is 5.32 Å². The van der Waals surface area contributed by atoms with Crippen molar-refractivity contribution in [2.24, 2.45) is 17.8 Å². The molecule has 2 saturated carbocycles. The lowest BCUT2D eigenvalue weighted by Crippen LogP contribution is -2.25.